The summed E-state index contributed by atoms with van der Waals surface area (Å²) in [6.45, 7) is 0. The number of halogens is 2. The lowest BCUT2D eigenvalue weighted by molar-refractivity contribution is 0.617. The molecule has 3 heteroatoms. The number of benzene rings is 1. The van der Waals surface area contributed by atoms with E-state index in [1.165, 1.54) is 0 Å². The third kappa shape index (κ3) is 1.22. The Kier molecular flexibility index (Phi) is 1.55. The topological polar surface area (TPSA) is 13.1 Å². The van der Waals surface area contributed by atoms with Crippen molar-refractivity contribution in [3.63, 3.8) is 0 Å². The summed E-state index contributed by atoms with van der Waals surface area (Å²) in [4.78, 5) is 0. The van der Waals surface area contributed by atoms with Crippen molar-refractivity contribution < 1.29 is 4.42 Å². The van der Waals surface area contributed by atoms with Gasteiger partial charge in [0.05, 0.1) is 0 Å². The molecule has 0 bridgehead atoms. The highest BCUT2D eigenvalue weighted by molar-refractivity contribution is 6.32. The third-order valence-corrected chi connectivity index (χ3v) is 1.77. The third-order valence-electron chi connectivity index (χ3n) is 1.37. The zero-order valence-corrected chi connectivity index (χ0v) is 6.91. The van der Waals surface area contributed by atoms with Gasteiger partial charge >= 0.3 is 0 Å². The van der Waals surface area contributed by atoms with E-state index in [2.05, 4.69) is 6.07 Å². The largest absolute Gasteiger partial charge is 0.444 e. The van der Waals surface area contributed by atoms with Crippen LogP contribution in [0, 0.1) is 6.07 Å². The van der Waals surface area contributed by atoms with Crippen molar-refractivity contribution >= 4 is 34.2 Å². The number of fused-ring (bicyclic) bond motifs is 1. The molecule has 0 spiro atoms. The van der Waals surface area contributed by atoms with Crippen LogP contribution in [0.4, 0.5) is 0 Å². The van der Waals surface area contributed by atoms with Gasteiger partial charge in [0.1, 0.15) is 5.58 Å². The van der Waals surface area contributed by atoms with Gasteiger partial charge in [-0.25, -0.2) is 0 Å². The summed E-state index contributed by atoms with van der Waals surface area (Å²) in [6, 6.07) is 7.99. The average Bonchev–Trinajstić information content (AvgIpc) is 2.27. The van der Waals surface area contributed by atoms with E-state index < -0.39 is 0 Å². The van der Waals surface area contributed by atoms with Crippen molar-refractivity contribution in [2.24, 2.45) is 0 Å². The number of hydrogen-bond donors (Lipinski definition) is 0. The van der Waals surface area contributed by atoms with E-state index in [1.54, 1.807) is 18.2 Å². The van der Waals surface area contributed by atoms with Gasteiger partial charge in [0.25, 0.3) is 0 Å². The molecule has 2 aromatic rings. The van der Waals surface area contributed by atoms with Gasteiger partial charge in [0, 0.05) is 22.5 Å². The van der Waals surface area contributed by atoms with Crippen LogP contribution in [0.1, 0.15) is 0 Å². The van der Waals surface area contributed by atoms with E-state index in [4.69, 9.17) is 27.6 Å². The fraction of sp³-hybridized carbons (Fsp3) is 0. The summed E-state index contributed by atoms with van der Waals surface area (Å²) in [5.74, 6) is 0. The maximum absolute atomic E-state index is 5.71. The minimum absolute atomic E-state index is 0.360. The Balaban J connectivity index is 2.82. The van der Waals surface area contributed by atoms with Crippen molar-refractivity contribution in [3.8, 4) is 0 Å². The fourth-order valence-corrected chi connectivity index (χ4v) is 1.29. The quantitative estimate of drug-likeness (QED) is 0.613. The summed E-state index contributed by atoms with van der Waals surface area (Å²) in [5, 5.41) is 1.87. The van der Waals surface area contributed by atoms with Gasteiger partial charge in [0.15, 0.2) is 5.22 Å². The second-order valence-corrected chi connectivity index (χ2v) is 2.96. The zero-order chi connectivity index (χ0) is 7.84. The Morgan fingerprint density at radius 2 is 2.09 bits per heavy atom. The molecule has 0 saturated heterocycles. The molecule has 0 amide bonds. The Bertz CT molecular complexity index is 392. The minimum Gasteiger partial charge on any atom is -0.444 e. The lowest BCUT2D eigenvalue weighted by atomic mass is 10.3. The average molecular weight is 186 g/mol. The maximum atomic E-state index is 5.71. The first-order chi connectivity index (χ1) is 5.25. The van der Waals surface area contributed by atoms with Crippen LogP contribution in [0.2, 0.25) is 10.2 Å². The number of hydrogen-bond acceptors (Lipinski definition) is 1. The second kappa shape index (κ2) is 2.43. The van der Waals surface area contributed by atoms with Crippen LogP contribution in [-0.4, -0.2) is 0 Å². The SMILES string of the molecule is Clc1c[c]c2oc(Cl)cc2c1. The van der Waals surface area contributed by atoms with Crippen molar-refractivity contribution in [3.05, 3.63) is 34.5 Å². The molecule has 1 aromatic carbocycles. The molecule has 0 fully saturated rings. The molecule has 0 N–H and O–H groups in total. The highest BCUT2D eigenvalue weighted by Gasteiger charge is 2.00. The molecule has 0 saturated carbocycles. The Hall–Kier alpha value is -0.660. The molecule has 0 aliphatic rings. The van der Waals surface area contributed by atoms with Crippen LogP contribution in [0.5, 0.6) is 0 Å². The number of furan rings is 1. The van der Waals surface area contributed by atoms with Gasteiger partial charge in [-0.05, 0) is 23.7 Å². The number of rotatable bonds is 0. The molecular weight excluding hydrogens is 183 g/mol. The van der Waals surface area contributed by atoms with E-state index in [1.807, 2.05) is 0 Å². The summed E-state index contributed by atoms with van der Waals surface area (Å²) >= 11 is 11.3. The van der Waals surface area contributed by atoms with Crippen molar-refractivity contribution in [1.82, 2.24) is 0 Å². The Morgan fingerprint density at radius 3 is 2.91 bits per heavy atom. The summed E-state index contributed by atoms with van der Waals surface area (Å²) < 4.78 is 5.07. The normalized spacial score (nSPS) is 10.7. The van der Waals surface area contributed by atoms with E-state index in [0.29, 0.717) is 15.8 Å². The smallest absolute Gasteiger partial charge is 0.194 e. The van der Waals surface area contributed by atoms with Crippen LogP contribution in [0.3, 0.4) is 0 Å². The van der Waals surface area contributed by atoms with Crippen LogP contribution in [0.15, 0.2) is 22.6 Å². The first-order valence-electron chi connectivity index (χ1n) is 3.02. The molecule has 0 aliphatic carbocycles. The van der Waals surface area contributed by atoms with Gasteiger partial charge in [-0.15, -0.1) is 0 Å². The molecular formula is C8H3Cl2O. The minimum atomic E-state index is 0.360. The monoisotopic (exact) mass is 185 g/mol. The Morgan fingerprint density at radius 1 is 1.27 bits per heavy atom. The molecule has 1 aromatic heterocycles. The van der Waals surface area contributed by atoms with Crippen LogP contribution < -0.4 is 0 Å². The van der Waals surface area contributed by atoms with Gasteiger partial charge in [0.2, 0.25) is 0 Å². The van der Waals surface area contributed by atoms with Gasteiger partial charge < -0.3 is 4.42 Å². The van der Waals surface area contributed by atoms with E-state index >= 15 is 0 Å². The van der Waals surface area contributed by atoms with Gasteiger partial charge in [-0.1, -0.05) is 11.6 Å². The lowest BCUT2D eigenvalue weighted by Crippen LogP contribution is -1.63. The molecule has 1 radical (unpaired) electrons. The zero-order valence-electron chi connectivity index (χ0n) is 5.40. The molecule has 2 rings (SSSR count). The molecule has 11 heavy (non-hydrogen) atoms. The Labute approximate surface area is 73.5 Å². The predicted molar refractivity (Wildman–Crippen MR) is 45.1 cm³/mol. The molecule has 55 valence electrons. The lowest BCUT2D eigenvalue weighted by Gasteiger charge is -1.86. The predicted octanol–water partition coefficient (Wildman–Crippen LogP) is 3.54. The molecule has 0 unspecified atom stereocenters. The first-order valence-corrected chi connectivity index (χ1v) is 3.77. The van der Waals surface area contributed by atoms with Crippen LogP contribution in [-0.2, 0) is 0 Å². The van der Waals surface area contributed by atoms with E-state index in [-0.39, 0.29) is 0 Å². The highest BCUT2D eigenvalue weighted by Crippen LogP contribution is 2.24. The fourth-order valence-electron chi connectivity index (χ4n) is 0.918. The van der Waals surface area contributed by atoms with Gasteiger partial charge in [-0.2, -0.15) is 0 Å². The van der Waals surface area contributed by atoms with Crippen molar-refractivity contribution in [1.29, 1.82) is 0 Å². The molecule has 0 aliphatic heterocycles. The van der Waals surface area contributed by atoms with E-state index in [0.717, 1.165) is 5.39 Å². The molecule has 0 atom stereocenters. The summed E-state index contributed by atoms with van der Waals surface area (Å²) in [7, 11) is 0. The van der Waals surface area contributed by atoms with Crippen molar-refractivity contribution in [2.45, 2.75) is 0 Å². The second-order valence-electron chi connectivity index (χ2n) is 2.15. The van der Waals surface area contributed by atoms with Crippen LogP contribution >= 0.6 is 23.2 Å². The summed E-state index contributed by atoms with van der Waals surface area (Å²) in [5.41, 5.74) is 0.638. The standard InChI is InChI=1S/C8H3Cl2O/c9-6-1-2-7-5(3-6)4-8(10)11-7/h1,3-4H. The molecule has 1 heterocycles. The highest BCUT2D eigenvalue weighted by atomic mass is 35.5. The van der Waals surface area contributed by atoms with Gasteiger partial charge in [-0.3, -0.25) is 0 Å². The maximum Gasteiger partial charge on any atom is 0.194 e. The first kappa shape index (κ1) is 7.01. The van der Waals surface area contributed by atoms with Crippen LogP contribution in [0.25, 0.3) is 11.0 Å². The molecule has 1 nitrogen and oxygen atoms in total. The van der Waals surface area contributed by atoms with Crippen molar-refractivity contribution in [2.75, 3.05) is 0 Å². The van der Waals surface area contributed by atoms with E-state index in [9.17, 15) is 0 Å². The summed E-state index contributed by atoms with van der Waals surface area (Å²) in [6.07, 6.45) is 0.